The van der Waals surface area contributed by atoms with Gasteiger partial charge >= 0.3 is 0 Å². The largest absolute Gasteiger partial charge is 0.497 e. The zero-order valence-corrected chi connectivity index (χ0v) is 15.3. The minimum absolute atomic E-state index is 0.186. The summed E-state index contributed by atoms with van der Waals surface area (Å²) >= 11 is 0. The molecule has 2 aromatic rings. The van der Waals surface area contributed by atoms with Gasteiger partial charge in [0.15, 0.2) is 0 Å². The molecular formula is C20H25N3O2. The SMILES string of the molecule is CNc1nc(C)c(C)c2c1CN(C(=O)CCc1ccc(OC)cc1)C2. The number of pyridine rings is 1. The summed E-state index contributed by atoms with van der Waals surface area (Å²) in [4.78, 5) is 19.2. The summed E-state index contributed by atoms with van der Waals surface area (Å²) in [6.45, 7) is 5.43. The third kappa shape index (κ3) is 3.45. The molecule has 0 aliphatic carbocycles. The number of hydrogen-bond donors (Lipinski definition) is 1. The molecule has 0 bridgehead atoms. The molecule has 0 atom stereocenters. The summed E-state index contributed by atoms with van der Waals surface area (Å²) in [5.41, 5.74) is 5.77. The van der Waals surface area contributed by atoms with Gasteiger partial charge in [-0.3, -0.25) is 4.79 Å². The Hall–Kier alpha value is -2.56. The maximum absolute atomic E-state index is 12.7. The monoisotopic (exact) mass is 339 g/mol. The fraction of sp³-hybridized carbons (Fsp3) is 0.400. The van der Waals surface area contributed by atoms with Crippen molar-refractivity contribution in [3.63, 3.8) is 0 Å². The summed E-state index contributed by atoms with van der Waals surface area (Å²) in [5.74, 6) is 1.91. The van der Waals surface area contributed by atoms with Gasteiger partial charge in [-0.2, -0.15) is 0 Å². The van der Waals surface area contributed by atoms with E-state index in [0.717, 1.165) is 34.8 Å². The average molecular weight is 339 g/mol. The number of methoxy groups -OCH3 is 1. The maximum atomic E-state index is 12.7. The van der Waals surface area contributed by atoms with Gasteiger partial charge in [0.05, 0.1) is 7.11 Å². The Morgan fingerprint density at radius 1 is 1.20 bits per heavy atom. The number of anilines is 1. The zero-order chi connectivity index (χ0) is 18.0. The molecule has 0 saturated heterocycles. The first-order valence-corrected chi connectivity index (χ1v) is 8.61. The van der Waals surface area contributed by atoms with Crippen LogP contribution in [0.15, 0.2) is 24.3 Å². The van der Waals surface area contributed by atoms with E-state index < -0.39 is 0 Å². The van der Waals surface area contributed by atoms with Gasteiger partial charge < -0.3 is 15.0 Å². The van der Waals surface area contributed by atoms with Gasteiger partial charge in [0, 0.05) is 37.8 Å². The Labute approximate surface area is 149 Å². The number of benzene rings is 1. The molecule has 1 aliphatic heterocycles. The smallest absolute Gasteiger partial charge is 0.223 e. The van der Waals surface area contributed by atoms with Gasteiger partial charge in [-0.15, -0.1) is 0 Å². The van der Waals surface area contributed by atoms with E-state index in [1.54, 1.807) is 7.11 Å². The number of ether oxygens (including phenoxy) is 1. The van der Waals surface area contributed by atoms with E-state index >= 15 is 0 Å². The molecule has 1 aromatic heterocycles. The predicted molar refractivity (Wildman–Crippen MR) is 98.8 cm³/mol. The van der Waals surface area contributed by atoms with E-state index in [1.165, 1.54) is 11.1 Å². The molecule has 132 valence electrons. The number of carbonyl (C=O) groups excluding carboxylic acids is 1. The molecule has 0 fully saturated rings. The second-order valence-corrected chi connectivity index (χ2v) is 6.48. The van der Waals surface area contributed by atoms with Crippen LogP contribution in [0.2, 0.25) is 0 Å². The number of aromatic nitrogens is 1. The maximum Gasteiger partial charge on any atom is 0.223 e. The zero-order valence-electron chi connectivity index (χ0n) is 15.3. The van der Waals surface area contributed by atoms with E-state index in [4.69, 9.17) is 4.74 Å². The molecule has 1 N–H and O–H groups in total. The van der Waals surface area contributed by atoms with Crippen LogP contribution in [0.25, 0.3) is 0 Å². The third-order valence-electron chi connectivity index (χ3n) is 5.00. The number of hydrogen-bond acceptors (Lipinski definition) is 4. The summed E-state index contributed by atoms with van der Waals surface area (Å²) < 4.78 is 5.17. The highest BCUT2D eigenvalue weighted by molar-refractivity contribution is 5.78. The topological polar surface area (TPSA) is 54.5 Å². The molecule has 5 heteroatoms. The number of rotatable bonds is 5. The second-order valence-electron chi connectivity index (χ2n) is 6.48. The molecule has 0 saturated carbocycles. The number of aryl methyl sites for hydroxylation is 2. The van der Waals surface area contributed by atoms with Gasteiger partial charge in [0.25, 0.3) is 0 Å². The molecule has 3 rings (SSSR count). The van der Waals surface area contributed by atoms with Crippen LogP contribution in [-0.2, 0) is 24.3 Å². The lowest BCUT2D eigenvalue weighted by Gasteiger charge is -2.15. The van der Waals surface area contributed by atoms with Gasteiger partial charge in [-0.05, 0) is 49.1 Å². The molecule has 5 nitrogen and oxygen atoms in total. The van der Waals surface area contributed by atoms with Gasteiger partial charge in [0.2, 0.25) is 5.91 Å². The van der Waals surface area contributed by atoms with Crippen molar-refractivity contribution in [1.82, 2.24) is 9.88 Å². The molecule has 0 unspecified atom stereocenters. The highest BCUT2D eigenvalue weighted by Crippen LogP contribution is 2.32. The first-order chi connectivity index (χ1) is 12.0. The van der Waals surface area contributed by atoms with Crippen LogP contribution in [0.3, 0.4) is 0 Å². The van der Waals surface area contributed by atoms with Crippen molar-refractivity contribution in [2.45, 2.75) is 39.8 Å². The fourth-order valence-electron chi connectivity index (χ4n) is 3.31. The summed E-state index contributed by atoms with van der Waals surface area (Å²) in [6, 6.07) is 7.90. The predicted octanol–water partition coefficient (Wildman–Crippen LogP) is 3.22. The number of carbonyl (C=O) groups is 1. The van der Waals surface area contributed by atoms with Crippen molar-refractivity contribution in [3.05, 3.63) is 52.2 Å². The first kappa shape index (κ1) is 17.3. The van der Waals surface area contributed by atoms with E-state index in [9.17, 15) is 4.79 Å². The summed E-state index contributed by atoms with van der Waals surface area (Å²) in [6.07, 6.45) is 1.26. The minimum atomic E-state index is 0.186. The molecular weight excluding hydrogens is 314 g/mol. The van der Waals surface area contributed by atoms with E-state index in [-0.39, 0.29) is 5.91 Å². The van der Waals surface area contributed by atoms with Crippen molar-refractivity contribution >= 4 is 11.7 Å². The first-order valence-electron chi connectivity index (χ1n) is 8.61. The lowest BCUT2D eigenvalue weighted by atomic mass is 10.0. The van der Waals surface area contributed by atoms with Crippen LogP contribution >= 0.6 is 0 Å². The molecule has 0 radical (unpaired) electrons. The normalized spacial score (nSPS) is 12.9. The van der Waals surface area contributed by atoms with E-state index in [2.05, 4.69) is 17.2 Å². The van der Waals surface area contributed by atoms with Crippen LogP contribution in [0.1, 0.15) is 34.4 Å². The van der Waals surface area contributed by atoms with Crippen molar-refractivity contribution in [3.8, 4) is 5.75 Å². The van der Waals surface area contributed by atoms with Crippen LogP contribution in [0, 0.1) is 13.8 Å². The molecule has 1 aromatic carbocycles. The number of nitrogens with one attached hydrogen (secondary N) is 1. The highest BCUT2D eigenvalue weighted by Gasteiger charge is 2.28. The Kier molecular flexibility index (Phi) is 4.93. The third-order valence-corrected chi connectivity index (χ3v) is 5.00. The Morgan fingerprint density at radius 2 is 1.88 bits per heavy atom. The molecule has 0 spiro atoms. The van der Waals surface area contributed by atoms with Crippen LogP contribution < -0.4 is 10.1 Å². The van der Waals surface area contributed by atoms with Gasteiger partial charge in [0.1, 0.15) is 11.6 Å². The summed E-state index contributed by atoms with van der Waals surface area (Å²) in [7, 11) is 3.53. The Balaban J connectivity index is 1.67. The minimum Gasteiger partial charge on any atom is -0.497 e. The van der Waals surface area contributed by atoms with Crippen molar-refractivity contribution in [1.29, 1.82) is 0 Å². The molecule has 25 heavy (non-hydrogen) atoms. The number of fused-ring (bicyclic) bond motifs is 1. The molecule has 1 aliphatic rings. The lowest BCUT2D eigenvalue weighted by molar-refractivity contribution is -0.131. The van der Waals surface area contributed by atoms with Crippen LogP contribution in [0.4, 0.5) is 5.82 Å². The van der Waals surface area contributed by atoms with Crippen LogP contribution in [0.5, 0.6) is 5.75 Å². The lowest BCUT2D eigenvalue weighted by Crippen LogP contribution is -2.25. The van der Waals surface area contributed by atoms with E-state index in [0.29, 0.717) is 19.5 Å². The Bertz CT molecular complexity index is 785. The Morgan fingerprint density at radius 3 is 2.52 bits per heavy atom. The highest BCUT2D eigenvalue weighted by atomic mass is 16.5. The standard InChI is InChI=1S/C20H25N3O2/c1-13-14(2)22-20(21-3)18-12-23(11-17(13)18)19(24)10-7-15-5-8-16(25-4)9-6-15/h5-6,8-9H,7,10-12H2,1-4H3,(H,21,22). The number of nitrogens with zero attached hydrogens (tertiary/aromatic N) is 2. The molecule has 1 amide bonds. The second kappa shape index (κ2) is 7.13. The van der Waals surface area contributed by atoms with Crippen molar-refractivity contribution < 1.29 is 9.53 Å². The van der Waals surface area contributed by atoms with Gasteiger partial charge in [-0.25, -0.2) is 4.98 Å². The van der Waals surface area contributed by atoms with Crippen molar-refractivity contribution in [2.24, 2.45) is 0 Å². The molecule has 2 heterocycles. The number of amides is 1. The van der Waals surface area contributed by atoms with Gasteiger partial charge in [-0.1, -0.05) is 12.1 Å². The summed E-state index contributed by atoms with van der Waals surface area (Å²) in [5, 5.41) is 3.16. The van der Waals surface area contributed by atoms with E-state index in [1.807, 2.05) is 43.1 Å². The quantitative estimate of drug-likeness (QED) is 0.909. The van der Waals surface area contributed by atoms with Crippen LogP contribution in [-0.4, -0.2) is 29.9 Å². The average Bonchev–Trinajstić information content (AvgIpc) is 3.09. The van der Waals surface area contributed by atoms with Crippen molar-refractivity contribution in [2.75, 3.05) is 19.5 Å². The fourth-order valence-corrected chi connectivity index (χ4v) is 3.31.